The van der Waals surface area contributed by atoms with Crippen LogP contribution in [0.15, 0.2) is 0 Å². The third kappa shape index (κ3) is 102. The van der Waals surface area contributed by atoms with Crippen LogP contribution in [-0.2, 0) is 91.1 Å². The third-order valence-electron chi connectivity index (χ3n) is 1.67. The van der Waals surface area contributed by atoms with Crippen LogP contribution in [-0.4, -0.2) is 0 Å². The van der Waals surface area contributed by atoms with Gasteiger partial charge in [-0.1, -0.05) is 0 Å². The van der Waals surface area contributed by atoms with E-state index in [0.29, 0.717) is 0 Å². The van der Waals surface area contributed by atoms with Crippen molar-refractivity contribution in [1.29, 1.82) is 0 Å². The predicted octanol–water partition coefficient (Wildman–Crippen LogP) is 2.89. The van der Waals surface area contributed by atoms with Gasteiger partial charge in [0.1, 0.15) is 0 Å². The standard InChI is InChI=1S/3C5H5.6CO.H3P.3W/c3*1-2-4-5-3-1;6*1-2;;;;/h3*1-5H;;;;;;;1H3;;;. The van der Waals surface area contributed by atoms with E-state index in [1.165, 1.54) is 0 Å². The van der Waals surface area contributed by atoms with Crippen LogP contribution in [0.2, 0.25) is 0 Å². The minimum Gasteiger partial charge on any atom is -0.0312 e. The molecule has 0 N–H and O–H groups in total. The summed E-state index contributed by atoms with van der Waals surface area (Å²) in [5, 5.41) is 0. The van der Waals surface area contributed by atoms with E-state index >= 15 is 0 Å². The summed E-state index contributed by atoms with van der Waals surface area (Å²) in [4.78, 5) is 0. The van der Waals surface area contributed by atoms with E-state index in [0.717, 1.165) is 0 Å². The van der Waals surface area contributed by atoms with Gasteiger partial charge < -0.3 is 0 Å². The van der Waals surface area contributed by atoms with Crippen molar-refractivity contribution in [3.8, 4) is 0 Å². The fourth-order valence-electron chi connectivity index (χ4n) is 0.962. The SMILES string of the molecule is P.[C-]#[O+].[C-]#[O+].[C-]#[O+].[C-]#[O+].[C-]#[O+].[C-]#[O+].[CH]1[CH][CH][CH][CH]1.[CH]1[CH][CH][CH][CH]1.[CH]1[CH][CH][CH][CH]1.[W].[W].[W]. The zero-order valence-corrected chi connectivity index (χ0v) is 26.3. The van der Waals surface area contributed by atoms with Crippen LogP contribution in [0.3, 0.4) is 0 Å². The molecule has 3 rings (SSSR count). The molecule has 0 heterocycles. The van der Waals surface area contributed by atoms with Gasteiger partial charge in [0, 0.05) is 63.2 Å². The van der Waals surface area contributed by atoms with Gasteiger partial charge in [-0.2, -0.15) is 9.90 Å². The van der Waals surface area contributed by atoms with E-state index in [1.54, 1.807) is 0 Å². The van der Waals surface area contributed by atoms with Gasteiger partial charge in [-0.05, 0) is 96.3 Å². The first-order valence-electron chi connectivity index (χ1n) is 6.22. The third-order valence-corrected chi connectivity index (χ3v) is 1.67. The summed E-state index contributed by atoms with van der Waals surface area (Å²) in [5.74, 6) is 0. The monoisotopic (exact) mass is 949 g/mol. The van der Waals surface area contributed by atoms with Gasteiger partial charge in [-0.15, -0.1) is 0 Å². The molecule has 0 aliphatic heterocycles. The number of hydrogen-bond donors (Lipinski definition) is 0. The normalized spacial score (nSPS) is 12.0. The van der Waals surface area contributed by atoms with Crippen molar-refractivity contribution in [2.45, 2.75) is 0 Å². The van der Waals surface area contributed by atoms with Crippen molar-refractivity contribution in [2.24, 2.45) is 0 Å². The van der Waals surface area contributed by atoms with E-state index < -0.39 is 0 Å². The van der Waals surface area contributed by atoms with Crippen LogP contribution in [0.4, 0.5) is 0 Å². The molecule has 3 aliphatic carbocycles. The average Bonchev–Trinajstić information content (AvgIpc) is 3.63. The van der Waals surface area contributed by atoms with Crippen molar-refractivity contribution in [3.05, 3.63) is 136 Å². The summed E-state index contributed by atoms with van der Waals surface area (Å²) < 4.78 is 45.0. The van der Waals surface area contributed by atoms with E-state index in [4.69, 9.17) is 27.9 Å². The Balaban J connectivity index is -0.0000000206. The molecule has 31 heavy (non-hydrogen) atoms. The molecule has 6 nitrogen and oxygen atoms in total. The minimum atomic E-state index is 0. The number of rotatable bonds is 0. The molecule has 1 unspecified atom stereocenters. The molecule has 0 aromatic heterocycles. The van der Waals surface area contributed by atoms with Gasteiger partial charge in [0.05, 0.1) is 0 Å². The molecule has 10 heteroatoms. The zero-order chi connectivity index (χ0) is 22.6. The van der Waals surface area contributed by atoms with Crippen molar-refractivity contribution in [1.82, 2.24) is 0 Å². The Bertz CT molecular complexity index is 240. The smallest absolute Gasteiger partial charge is 0 e. The topological polar surface area (TPSA) is 119 Å². The molecule has 161 valence electrons. The molecular formula is C21H18O6PW3. The Morgan fingerprint density at radius 2 is 0.258 bits per heavy atom. The van der Waals surface area contributed by atoms with Gasteiger partial charge >= 0.3 is 67.8 Å². The van der Waals surface area contributed by atoms with Crippen molar-refractivity contribution in [2.75, 3.05) is 0 Å². The second-order valence-corrected chi connectivity index (χ2v) is 2.89. The maximum Gasteiger partial charge on any atom is 0 e. The zero-order valence-electron chi connectivity index (χ0n) is 16.0. The molecular weight excluding hydrogens is 931 g/mol. The maximum absolute atomic E-state index is 7.50. The molecule has 0 bridgehead atoms. The van der Waals surface area contributed by atoms with Crippen LogP contribution >= 0.6 is 9.90 Å². The van der Waals surface area contributed by atoms with Crippen molar-refractivity contribution >= 4 is 9.90 Å². The Kier molecular flexibility index (Phi) is 224. The molecule has 0 saturated heterocycles. The fraction of sp³-hybridized carbons (Fsp3) is 0. The van der Waals surface area contributed by atoms with Crippen molar-refractivity contribution in [3.63, 3.8) is 0 Å². The Morgan fingerprint density at radius 1 is 0.226 bits per heavy atom. The van der Waals surface area contributed by atoms with Crippen LogP contribution in [0.1, 0.15) is 0 Å². The predicted molar refractivity (Wildman–Crippen MR) is 99.2 cm³/mol. The van der Waals surface area contributed by atoms with Crippen LogP contribution in [0.5, 0.6) is 0 Å². The second-order valence-electron chi connectivity index (χ2n) is 2.89. The van der Waals surface area contributed by atoms with Crippen LogP contribution < -0.4 is 0 Å². The summed E-state index contributed by atoms with van der Waals surface area (Å²) in [6.45, 7) is 27.0. The van der Waals surface area contributed by atoms with Crippen LogP contribution in [0.25, 0.3) is 0 Å². The molecule has 15 radical (unpaired) electrons. The van der Waals surface area contributed by atoms with Gasteiger partial charge in [0.2, 0.25) is 0 Å². The Morgan fingerprint density at radius 3 is 0.290 bits per heavy atom. The molecule has 1 atom stereocenters. The Labute approximate surface area is 235 Å². The largest absolute Gasteiger partial charge is 0.0312 e. The molecule has 3 saturated carbocycles. The molecule has 3 fully saturated rings. The second kappa shape index (κ2) is 109. The van der Waals surface area contributed by atoms with Crippen LogP contribution in [0, 0.1) is 136 Å². The van der Waals surface area contributed by atoms with Gasteiger partial charge in [0.25, 0.3) is 0 Å². The molecule has 3 aliphatic rings. The van der Waals surface area contributed by atoms with Gasteiger partial charge in [-0.25, -0.2) is 0 Å². The van der Waals surface area contributed by atoms with Gasteiger partial charge in [-0.3, -0.25) is 0 Å². The molecule has 0 amide bonds. The summed E-state index contributed by atoms with van der Waals surface area (Å²) in [5.41, 5.74) is 0. The average molecular weight is 949 g/mol. The summed E-state index contributed by atoms with van der Waals surface area (Å²) in [7, 11) is 0. The summed E-state index contributed by atoms with van der Waals surface area (Å²) in [6, 6.07) is 0. The van der Waals surface area contributed by atoms with E-state index in [2.05, 4.69) is 39.9 Å². The van der Waals surface area contributed by atoms with Crippen molar-refractivity contribution < 1.29 is 91.1 Å². The summed E-state index contributed by atoms with van der Waals surface area (Å²) in [6.07, 6.45) is 30.0. The molecule has 0 aromatic carbocycles. The minimum absolute atomic E-state index is 0. The Hall–Kier alpha value is 0.935. The number of hydrogen-bond acceptors (Lipinski definition) is 0. The summed E-state index contributed by atoms with van der Waals surface area (Å²) >= 11 is 0. The molecule has 0 spiro atoms. The quantitative estimate of drug-likeness (QED) is 0.202. The van der Waals surface area contributed by atoms with E-state index in [9.17, 15) is 0 Å². The van der Waals surface area contributed by atoms with Gasteiger partial charge in [0.15, 0.2) is 0 Å². The molecule has 0 aromatic rings. The maximum atomic E-state index is 7.50. The van der Waals surface area contributed by atoms with E-state index in [-0.39, 0.29) is 73.1 Å². The first kappa shape index (κ1) is 63.5. The first-order chi connectivity index (χ1) is 13.5. The first-order valence-corrected chi connectivity index (χ1v) is 6.22. The fourth-order valence-corrected chi connectivity index (χ4v) is 0.962. The van der Waals surface area contributed by atoms with E-state index in [1.807, 2.05) is 96.3 Å².